The quantitative estimate of drug-likeness (QED) is 0.346. The maximum Gasteiger partial charge on any atom is 0.316 e. The highest BCUT2D eigenvalue weighted by Gasteiger charge is 2.49. The number of nitrogens with zero attached hydrogens (tertiary/aromatic N) is 1. The van der Waals surface area contributed by atoms with Crippen LogP contribution in [0.25, 0.3) is 0 Å². The summed E-state index contributed by atoms with van der Waals surface area (Å²) in [5.74, 6) is 0.521. The molecule has 0 amide bonds. The van der Waals surface area contributed by atoms with Gasteiger partial charge in [0.25, 0.3) is 0 Å². The van der Waals surface area contributed by atoms with Crippen LogP contribution in [0.5, 0.6) is 5.75 Å². The number of benzene rings is 2. The first-order chi connectivity index (χ1) is 12.5. The second-order valence-electron chi connectivity index (χ2n) is 7.26. The topological polar surface area (TPSA) is 29.5 Å². The third-order valence-electron chi connectivity index (χ3n) is 5.87. The summed E-state index contributed by atoms with van der Waals surface area (Å²) in [4.78, 5) is 15.5. The van der Waals surface area contributed by atoms with Crippen molar-refractivity contribution in [1.82, 2.24) is 4.90 Å². The summed E-state index contributed by atoms with van der Waals surface area (Å²) in [7, 11) is 2.14. The molecule has 0 aromatic heterocycles. The Morgan fingerprint density at radius 3 is 2.50 bits per heavy atom. The van der Waals surface area contributed by atoms with Gasteiger partial charge < -0.3 is 4.74 Å². The van der Waals surface area contributed by atoms with E-state index in [0.29, 0.717) is 11.8 Å². The van der Waals surface area contributed by atoms with Crippen LogP contribution < -0.4 is 4.74 Å². The van der Waals surface area contributed by atoms with Crippen LogP contribution in [0.15, 0.2) is 48.5 Å². The zero-order chi connectivity index (χ0) is 18.3. The van der Waals surface area contributed by atoms with Crippen molar-refractivity contribution in [3.8, 4) is 5.75 Å². The van der Waals surface area contributed by atoms with Crippen LogP contribution in [-0.4, -0.2) is 30.0 Å². The molecular formula is C21H21ClINO2. The Hall–Kier alpha value is -1.11. The number of carbonyl (C=O) groups is 1. The lowest BCUT2D eigenvalue weighted by Crippen LogP contribution is -2.49. The Balaban J connectivity index is 1.63. The Morgan fingerprint density at radius 2 is 1.81 bits per heavy atom. The van der Waals surface area contributed by atoms with Crippen LogP contribution in [0.4, 0.5) is 0 Å². The summed E-state index contributed by atoms with van der Waals surface area (Å²) in [5.41, 5.74) is 1.18. The molecule has 26 heavy (non-hydrogen) atoms. The summed E-state index contributed by atoms with van der Waals surface area (Å²) in [6, 6.07) is 16.4. The second kappa shape index (κ2) is 7.49. The van der Waals surface area contributed by atoms with Crippen molar-refractivity contribution < 1.29 is 9.53 Å². The molecule has 2 aliphatic heterocycles. The van der Waals surface area contributed by atoms with Gasteiger partial charge in [-0.25, -0.2) is 0 Å². The number of rotatable bonds is 3. The molecule has 0 N–H and O–H groups in total. The van der Waals surface area contributed by atoms with Crippen molar-refractivity contribution >= 4 is 40.2 Å². The van der Waals surface area contributed by atoms with E-state index in [-0.39, 0.29) is 23.8 Å². The molecule has 2 aromatic carbocycles. The fourth-order valence-electron chi connectivity index (χ4n) is 4.53. The number of carbonyl (C=O) groups excluding carboxylic acids is 1. The maximum absolute atomic E-state index is 13.2. The smallest absolute Gasteiger partial charge is 0.316 e. The van der Waals surface area contributed by atoms with E-state index < -0.39 is 0 Å². The standard InChI is InChI=1S/C21H21ClINO2/c1-24-16-8-11-19(24)20(18(12-16)13-2-4-14(22)5-3-13)21(25)26-17-9-6-15(23)7-10-17/h2-7,9-10,16,18-20H,8,11-12H2,1H3/t16-,18-,19?,20?/m1/s1. The Kier molecular flexibility index (Phi) is 5.26. The third kappa shape index (κ3) is 3.51. The van der Waals surface area contributed by atoms with Crippen LogP contribution in [0, 0.1) is 9.49 Å². The summed E-state index contributed by atoms with van der Waals surface area (Å²) < 4.78 is 6.91. The van der Waals surface area contributed by atoms with Gasteiger partial charge in [0.1, 0.15) is 5.75 Å². The highest BCUT2D eigenvalue weighted by atomic mass is 127. The zero-order valence-electron chi connectivity index (χ0n) is 14.6. The van der Waals surface area contributed by atoms with E-state index in [4.69, 9.17) is 16.3 Å². The summed E-state index contributed by atoms with van der Waals surface area (Å²) in [5, 5.41) is 0.725. The van der Waals surface area contributed by atoms with Gasteiger partial charge in [-0.3, -0.25) is 9.69 Å². The fourth-order valence-corrected chi connectivity index (χ4v) is 5.01. The Bertz CT molecular complexity index is 793. The molecule has 5 heteroatoms. The highest BCUT2D eigenvalue weighted by molar-refractivity contribution is 14.1. The number of hydrogen-bond donors (Lipinski definition) is 0. The lowest BCUT2D eigenvalue weighted by atomic mass is 9.76. The van der Waals surface area contributed by atoms with Gasteiger partial charge in [0.2, 0.25) is 0 Å². The molecule has 2 fully saturated rings. The van der Waals surface area contributed by atoms with Crippen LogP contribution in [0.1, 0.15) is 30.7 Å². The number of piperidine rings is 1. The van der Waals surface area contributed by atoms with E-state index in [1.54, 1.807) is 0 Å². The minimum absolute atomic E-state index is 0.122. The predicted molar refractivity (Wildman–Crippen MR) is 112 cm³/mol. The zero-order valence-corrected chi connectivity index (χ0v) is 17.5. The molecule has 3 nitrogen and oxygen atoms in total. The molecular weight excluding hydrogens is 461 g/mol. The largest absolute Gasteiger partial charge is 0.426 e. The minimum Gasteiger partial charge on any atom is -0.426 e. The molecule has 2 aromatic rings. The van der Waals surface area contributed by atoms with Crippen molar-refractivity contribution in [1.29, 1.82) is 0 Å². The van der Waals surface area contributed by atoms with Gasteiger partial charge in [-0.1, -0.05) is 23.7 Å². The van der Waals surface area contributed by atoms with Crippen LogP contribution in [-0.2, 0) is 4.79 Å². The van der Waals surface area contributed by atoms with Crippen LogP contribution in [0.2, 0.25) is 5.02 Å². The summed E-state index contributed by atoms with van der Waals surface area (Å²) in [6.45, 7) is 0. The van der Waals surface area contributed by atoms with Crippen LogP contribution >= 0.6 is 34.2 Å². The van der Waals surface area contributed by atoms with Crippen molar-refractivity contribution in [2.45, 2.75) is 37.3 Å². The second-order valence-corrected chi connectivity index (χ2v) is 8.94. The van der Waals surface area contributed by atoms with Gasteiger partial charge in [-0.05, 0) is 90.9 Å². The number of fused-ring (bicyclic) bond motifs is 2. The van der Waals surface area contributed by atoms with E-state index in [2.05, 4.69) is 46.7 Å². The normalized spacial score (nSPS) is 28.1. The summed E-state index contributed by atoms with van der Waals surface area (Å²) in [6.07, 6.45) is 3.19. The Labute approximate surface area is 172 Å². The number of esters is 1. The van der Waals surface area contributed by atoms with Crippen molar-refractivity contribution in [3.05, 3.63) is 62.7 Å². The van der Waals surface area contributed by atoms with E-state index in [1.807, 2.05) is 36.4 Å². The van der Waals surface area contributed by atoms with E-state index in [0.717, 1.165) is 27.9 Å². The van der Waals surface area contributed by atoms with Gasteiger partial charge >= 0.3 is 5.97 Å². The first kappa shape index (κ1) is 18.3. The number of halogens is 2. The SMILES string of the molecule is CN1C2CC[C@@H]1C[C@H](c1ccc(Cl)cc1)C2C(=O)Oc1ccc(I)cc1. The highest BCUT2D eigenvalue weighted by Crippen LogP contribution is 2.46. The first-order valence-corrected chi connectivity index (χ1v) is 10.4. The molecule has 0 spiro atoms. The van der Waals surface area contributed by atoms with E-state index in [1.165, 1.54) is 5.56 Å². The van der Waals surface area contributed by atoms with E-state index >= 15 is 0 Å². The van der Waals surface area contributed by atoms with Gasteiger partial charge in [0, 0.05) is 26.6 Å². The van der Waals surface area contributed by atoms with Crippen molar-refractivity contribution in [3.63, 3.8) is 0 Å². The molecule has 4 atom stereocenters. The minimum atomic E-state index is -0.154. The monoisotopic (exact) mass is 481 g/mol. The molecule has 2 saturated heterocycles. The van der Waals surface area contributed by atoms with E-state index in [9.17, 15) is 4.79 Å². The molecule has 0 aliphatic carbocycles. The lowest BCUT2D eigenvalue weighted by Gasteiger charge is -2.41. The van der Waals surface area contributed by atoms with Gasteiger partial charge in [-0.2, -0.15) is 0 Å². The number of hydrogen-bond acceptors (Lipinski definition) is 3. The number of ether oxygens (including phenoxy) is 1. The molecule has 0 saturated carbocycles. The molecule has 2 aliphatic rings. The van der Waals surface area contributed by atoms with Crippen molar-refractivity contribution in [2.75, 3.05) is 7.05 Å². The van der Waals surface area contributed by atoms with Gasteiger partial charge in [-0.15, -0.1) is 0 Å². The fraction of sp³-hybridized carbons (Fsp3) is 0.381. The Morgan fingerprint density at radius 1 is 1.12 bits per heavy atom. The molecule has 4 rings (SSSR count). The van der Waals surface area contributed by atoms with Gasteiger partial charge in [0.15, 0.2) is 0 Å². The molecule has 136 valence electrons. The summed E-state index contributed by atoms with van der Waals surface area (Å²) >= 11 is 8.31. The van der Waals surface area contributed by atoms with Crippen LogP contribution in [0.3, 0.4) is 0 Å². The van der Waals surface area contributed by atoms with Gasteiger partial charge in [0.05, 0.1) is 5.92 Å². The molecule has 0 radical (unpaired) electrons. The lowest BCUT2D eigenvalue weighted by molar-refractivity contribution is -0.143. The average molecular weight is 482 g/mol. The van der Waals surface area contributed by atoms with Crippen molar-refractivity contribution in [2.24, 2.45) is 5.92 Å². The molecule has 2 bridgehead atoms. The molecule has 2 heterocycles. The molecule has 2 unspecified atom stereocenters. The average Bonchev–Trinajstić information content (AvgIpc) is 2.87. The third-order valence-corrected chi connectivity index (χ3v) is 6.84. The predicted octanol–water partition coefficient (Wildman–Crippen LogP) is 5.12. The first-order valence-electron chi connectivity index (χ1n) is 8.97. The maximum atomic E-state index is 13.2.